The first-order valence-electron chi connectivity index (χ1n) is 7.13. The first-order chi connectivity index (χ1) is 10.2. The zero-order valence-electron chi connectivity index (χ0n) is 12.2. The van der Waals surface area contributed by atoms with Crippen molar-refractivity contribution in [2.45, 2.75) is 26.7 Å². The van der Waals surface area contributed by atoms with Crippen LogP contribution in [0.15, 0.2) is 47.0 Å². The van der Waals surface area contributed by atoms with Gasteiger partial charge in [-0.3, -0.25) is 9.78 Å². The van der Waals surface area contributed by atoms with Gasteiger partial charge in [0.1, 0.15) is 5.58 Å². The summed E-state index contributed by atoms with van der Waals surface area (Å²) in [6.45, 7) is 4.10. The van der Waals surface area contributed by atoms with Crippen molar-refractivity contribution in [2.24, 2.45) is 0 Å². The molecular weight excluding hydrogens is 262 g/mol. The first-order valence-corrected chi connectivity index (χ1v) is 7.13. The molecule has 0 aliphatic rings. The fourth-order valence-electron chi connectivity index (χ4n) is 2.32. The van der Waals surface area contributed by atoms with Gasteiger partial charge in [-0.05, 0) is 43.2 Å². The van der Waals surface area contributed by atoms with Gasteiger partial charge in [0.25, 0.3) is 0 Å². The molecule has 106 valence electrons. The molecule has 0 bridgehead atoms. The third-order valence-corrected chi connectivity index (χ3v) is 3.58. The van der Waals surface area contributed by atoms with Crippen molar-refractivity contribution in [1.29, 1.82) is 0 Å². The number of rotatable bonds is 4. The zero-order chi connectivity index (χ0) is 14.8. The van der Waals surface area contributed by atoms with Gasteiger partial charge in [-0.15, -0.1) is 0 Å². The third-order valence-electron chi connectivity index (χ3n) is 3.58. The predicted molar refractivity (Wildman–Crippen MR) is 82.6 cm³/mol. The highest BCUT2D eigenvalue weighted by Gasteiger charge is 2.13. The molecule has 0 amide bonds. The van der Waals surface area contributed by atoms with E-state index in [1.54, 1.807) is 0 Å². The quantitative estimate of drug-likeness (QED) is 0.674. The summed E-state index contributed by atoms with van der Waals surface area (Å²) in [7, 11) is 0. The van der Waals surface area contributed by atoms with Gasteiger partial charge in [0, 0.05) is 17.3 Å². The summed E-state index contributed by atoms with van der Waals surface area (Å²) in [5.41, 5.74) is 3.84. The van der Waals surface area contributed by atoms with Crippen LogP contribution in [0.3, 0.4) is 0 Å². The average Bonchev–Trinajstić information content (AvgIpc) is 2.91. The van der Waals surface area contributed by atoms with Crippen molar-refractivity contribution in [1.82, 2.24) is 4.98 Å². The molecule has 0 aliphatic carbocycles. The molecule has 0 spiro atoms. The van der Waals surface area contributed by atoms with E-state index in [1.165, 1.54) is 5.56 Å². The fourth-order valence-corrected chi connectivity index (χ4v) is 2.32. The van der Waals surface area contributed by atoms with Crippen LogP contribution in [0.2, 0.25) is 0 Å². The average molecular weight is 279 g/mol. The van der Waals surface area contributed by atoms with E-state index < -0.39 is 0 Å². The van der Waals surface area contributed by atoms with E-state index in [9.17, 15) is 4.79 Å². The number of carbonyl (C=O) groups excluding carboxylic acids is 1. The maximum Gasteiger partial charge on any atom is 0.203 e. The summed E-state index contributed by atoms with van der Waals surface area (Å²) in [6.07, 6.45) is 3.04. The topological polar surface area (TPSA) is 43.1 Å². The van der Waals surface area contributed by atoms with Crippen LogP contribution in [-0.2, 0) is 12.8 Å². The lowest BCUT2D eigenvalue weighted by atomic mass is 10.1. The van der Waals surface area contributed by atoms with E-state index in [0.29, 0.717) is 5.76 Å². The molecule has 3 aromatic rings. The Labute approximate surface area is 123 Å². The number of Topliss-reactive ketones (excluding diaryl/α,β-unsaturated/α-hetero) is 1. The second-order valence-corrected chi connectivity index (χ2v) is 5.26. The Hall–Kier alpha value is -2.42. The van der Waals surface area contributed by atoms with Gasteiger partial charge in [-0.2, -0.15) is 0 Å². The number of hydrogen-bond acceptors (Lipinski definition) is 3. The van der Waals surface area contributed by atoms with Gasteiger partial charge < -0.3 is 4.42 Å². The largest absolute Gasteiger partial charge is 0.453 e. The predicted octanol–water partition coefficient (Wildman–Crippen LogP) is 4.12. The number of furan rings is 1. The van der Waals surface area contributed by atoms with E-state index >= 15 is 0 Å². The van der Waals surface area contributed by atoms with Crippen molar-refractivity contribution in [2.75, 3.05) is 0 Å². The minimum Gasteiger partial charge on any atom is -0.453 e. The highest BCUT2D eigenvalue weighted by atomic mass is 16.3. The van der Waals surface area contributed by atoms with Crippen molar-refractivity contribution >= 4 is 16.8 Å². The number of nitrogens with zero attached hydrogens (tertiary/aromatic N) is 1. The second-order valence-electron chi connectivity index (χ2n) is 5.26. The zero-order valence-corrected chi connectivity index (χ0v) is 12.2. The van der Waals surface area contributed by atoms with E-state index in [1.807, 2.05) is 49.5 Å². The molecule has 3 heteroatoms. The van der Waals surface area contributed by atoms with E-state index in [-0.39, 0.29) is 12.2 Å². The molecule has 0 aliphatic heterocycles. The molecule has 0 saturated heterocycles. The normalized spacial score (nSPS) is 11.0. The van der Waals surface area contributed by atoms with Gasteiger partial charge in [0.05, 0.1) is 6.42 Å². The number of pyridine rings is 1. The Morgan fingerprint density at radius 1 is 1.19 bits per heavy atom. The lowest BCUT2D eigenvalue weighted by Crippen LogP contribution is -2.04. The number of aromatic nitrogens is 1. The molecule has 1 aromatic carbocycles. The molecule has 3 rings (SSSR count). The number of fused-ring (bicyclic) bond motifs is 1. The number of benzene rings is 1. The minimum atomic E-state index is -0.0411. The summed E-state index contributed by atoms with van der Waals surface area (Å²) in [4.78, 5) is 16.6. The summed E-state index contributed by atoms with van der Waals surface area (Å²) in [6, 6.07) is 11.6. The van der Waals surface area contributed by atoms with Crippen LogP contribution in [0.1, 0.15) is 34.3 Å². The van der Waals surface area contributed by atoms with Gasteiger partial charge in [0.2, 0.25) is 5.78 Å². The van der Waals surface area contributed by atoms with Crippen molar-refractivity contribution in [3.05, 3.63) is 65.2 Å². The highest BCUT2D eigenvalue weighted by Crippen LogP contribution is 2.21. The van der Waals surface area contributed by atoms with E-state index in [2.05, 4.69) is 11.9 Å². The molecule has 2 aromatic heterocycles. The van der Waals surface area contributed by atoms with Crippen LogP contribution in [0, 0.1) is 6.92 Å². The summed E-state index contributed by atoms with van der Waals surface area (Å²) in [5.74, 6) is 0.359. The maximum absolute atomic E-state index is 12.3. The minimum absolute atomic E-state index is 0.0411. The Bertz CT molecular complexity index is 785. The van der Waals surface area contributed by atoms with Gasteiger partial charge in [-0.1, -0.05) is 24.6 Å². The number of aryl methyl sites for hydroxylation is 2. The van der Waals surface area contributed by atoms with Crippen LogP contribution in [0.4, 0.5) is 0 Å². The number of carbonyl (C=O) groups is 1. The molecule has 2 heterocycles. The van der Waals surface area contributed by atoms with Gasteiger partial charge in [-0.25, -0.2) is 0 Å². The van der Waals surface area contributed by atoms with Crippen molar-refractivity contribution in [3.8, 4) is 0 Å². The fraction of sp³-hybridized carbons (Fsp3) is 0.222. The van der Waals surface area contributed by atoms with Crippen LogP contribution in [0.5, 0.6) is 0 Å². The molecule has 0 N–H and O–H groups in total. The second kappa shape index (κ2) is 5.52. The Kier molecular flexibility index (Phi) is 3.57. The summed E-state index contributed by atoms with van der Waals surface area (Å²) < 4.78 is 5.62. The Morgan fingerprint density at radius 2 is 2.05 bits per heavy atom. The SMILES string of the molecule is CCc1ccc(CC(=O)c2cc3cc(C)ccc3o2)nc1. The molecule has 0 atom stereocenters. The Balaban J connectivity index is 1.82. The Morgan fingerprint density at radius 3 is 2.76 bits per heavy atom. The lowest BCUT2D eigenvalue weighted by Gasteiger charge is -2.00. The molecule has 21 heavy (non-hydrogen) atoms. The molecule has 3 nitrogen and oxygen atoms in total. The van der Waals surface area contributed by atoms with Crippen LogP contribution < -0.4 is 0 Å². The molecular formula is C18H17NO2. The summed E-state index contributed by atoms with van der Waals surface area (Å²) >= 11 is 0. The monoisotopic (exact) mass is 279 g/mol. The molecule has 0 saturated carbocycles. The van der Waals surface area contributed by atoms with Crippen molar-refractivity contribution in [3.63, 3.8) is 0 Å². The van der Waals surface area contributed by atoms with Gasteiger partial charge >= 0.3 is 0 Å². The van der Waals surface area contributed by atoms with Crippen LogP contribution in [0.25, 0.3) is 11.0 Å². The number of hydrogen-bond donors (Lipinski definition) is 0. The number of ketones is 1. The third kappa shape index (κ3) is 2.87. The summed E-state index contributed by atoms with van der Waals surface area (Å²) in [5, 5.41) is 0.965. The van der Waals surface area contributed by atoms with Crippen molar-refractivity contribution < 1.29 is 9.21 Å². The van der Waals surface area contributed by atoms with Crippen LogP contribution in [-0.4, -0.2) is 10.8 Å². The van der Waals surface area contributed by atoms with Crippen LogP contribution >= 0.6 is 0 Å². The lowest BCUT2D eigenvalue weighted by molar-refractivity contribution is 0.0967. The van der Waals surface area contributed by atoms with E-state index in [0.717, 1.165) is 28.6 Å². The van der Waals surface area contributed by atoms with E-state index in [4.69, 9.17) is 4.42 Å². The standard InChI is InChI=1S/C18H17NO2/c1-3-13-5-6-15(19-11-13)10-16(20)18-9-14-8-12(2)4-7-17(14)21-18/h4-9,11H,3,10H2,1-2H3. The highest BCUT2D eigenvalue weighted by molar-refractivity contribution is 5.98. The first kappa shape index (κ1) is 13.6. The molecule has 0 fully saturated rings. The van der Waals surface area contributed by atoms with Gasteiger partial charge in [0.15, 0.2) is 5.76 Å². The molecule has 0 unspecified atom stereocenters. The smallest absolute Gasteiger partial charge is 0.203 e. The molecule has 0 radical (unpaired) electrons. The maximum atomic E-state index is 12.3.